The number of fused-ring (bicyclic) bond motifs is 2. The predicted molar refractivity (Wildman–Crippen MR) is 81.4 cm³/mol. The van der Waals surface area contributed by atoms with Crippen LogP contribution in [0.25, 0.3) is 0 Å². The summed E-state index contributed by atoms with van der Waals surface area (Å²) in [5.41, 5.74) is 2.22. The first kappa shape index (κ1) is 14.4. The molecule has 2 N–H and O–H groups in total. The van der Waals surface area contributed by atoms with Gasteiger partial charge >= 0.3 is 0 Å². The Balaban J connectivity index is 2.13. The van der Waals surface area contributed by atoms with Crippen LogP contribution in [0, 0.1) is 0 Å². The van der Waals surface area contributed by atoms with Gasteiger partial charge in [0.1, 0.15) is 0 Å². The normalized spacial score (nSPS) is 24.9. The summed E-state index contributed by atoms with van der Waals surface area (Å²) in [6.45, 7) is 2.25. The van der Waals surface area contributed by atoms with E-state index in [-0.39, 0.29) is 6.10 Å². The van der Waals surface area contributed by atoms with E-state index in [1.165, 1.54) is 38.5 Å². The van der Waals surface area contributed by atoms with E-state index >= 15 is 0 Å². The average Bonchev–Trinajstić information content (AvgIpc) is 2.42. The van der Waals surface area contributed by atoms with Gasteiger partial charge in [-0.15, -0.1) is 0 Å². The van der Waals surface area contributed by atoms with Crippen LogP contribution in [-0.4, -0.2) is 11.1 Å². The fraction of sp³-hybridized carbons (Fsp3) is 0.647. The molecule has 0 aliphatic carbocycles. The second-order valence-corrected chi connectivity index (χ2v) is 5.76. The molecular formula is C17H27NO. The van der Waals surface area contributed by atoms with Crippen molar-refractivity contribution >= 4 is 5.69 Å². The van der Waals surface area contributed by atoms with Gasteiger partial charge < -0.3 is 10.4 Å². The van der Waals surface area contributed by atoms with Crippen molar-refractivity contribution in [3.05, 3.63) is 29.8 Å². The van der Waals surface area contributed by atoms with Crippen molar-refractivity contribution in [2.75, 3.05) is 5.32 Å². The Hall–Kier alpha value is -1.02. The summed E-state index contributed by atoms with van der Waals surface area (Å²) >= 11 is 0. The molecule has 0 radical (unpaired) electrons. The zero-order valence-electron chi connectivity index (χ0n) is 12.1. The molecular weight excluding hydrogens is 234 g/mol. The third-order valence-electron chi connectivity index (χ3n) is 4.06. The molecule has 1 aliphatic heterocycles. The lowest BCUT2D eigenvalue weighted by Gasteiger charge is -2.21. The van der Waals surface area contributed by atoms with Gasteiger partial charge in [0.25, 0.3) is 0 Å². The smallest absolute Gasteiger partial charge is 0.0790 e. The third-order valence-corrected chi connectivity index (χ3v) is 4.06. The fourth-order valence-electron chi connectivity index (χ4n) is 2.96. The molecule has 1 aliphatic rings. The van der Waals surface area contributed by atoms with Crippen molar-refractivity contribution in [3.8, 4) is 0 Å². The maximum Gasteiger partial charge on any atom is 0.0790 e. The third kappa shape index (κ3) is 4.54. The first-order valence-electron chi connectivity index (χ1n) is 7.84. The molecule has 0 aromatic heterocycles. The summed E-state index contributed by atoms with van der Waals surface area (Å²) in [6, 6.07) is 8.91. The fourth-order valence-corrected chi connectivity index (χ4v) is 2.96. The molecule has 0 saturated heterocycles. The molecule has 0 spiro atoms. The Kier molecular flexibility index (Phi) is 5.71. The van der Waals surface area contributed by atoms with Gasteiger partial charge in [0.2, 0.25) is 0 Å². The van der Waals surface area contributed by atoms with Crippen molar-refractivity contribution < 1.29 is 5.11 Å². The Labute approximate surface area is 117 Å². The first-order valence-corrected chi connectivity index (χ1v) is 7.84. The molecule has 2 bridgehead atoms. The number of hydrogen-bond acceptors (Lipinski definition) is 2. The number of aliphatic hydroxyl groups excluding tert-OH is 1. The zero-order valence-corrected chi connectivity index (χ0v) is 12.1. The van der Waals surface area contributed by atoms with Gasteiger partial charge in [-0.2, -0.15) is 0 Å². The second kappa shape index (κ2) is 7.54. The first-order chi connectivity index (χ1) is 9.29. The molecule has 0 fully saturated rings. The molecule has 2 nitrogen and oxygen atoms in total. The van der Waals surface area contributed by atoms with Crippen LogP contribution in [-0.2, 0) is 0 Å². The van der Waals surface area contributed by atoms with Gasteiger partial charge in [-0.25, -0.2) is 0 Å². The Bertz CT molecular complexity index is 377. The van der Waals surface area contributed by atoms with Gasteiger partial charge in [0.15, 0.2) is 0 Å². The SMILES string of the molecule is CCCC1CCCCCCC(O)c2cccc(c2)N1. The lowest BCUT2D eigenvalue weighted by Crippen LogP contribution is -2.19. The molecule has 106 valence electrons. The molecule has 2 rings (SSSR count). The Morgan fingerprint density at radius 3 is 2.74 bits per heavy atom. The number of benzene rings is 1. The molecule has 1 heterocycles. The Morgan fingerprint density at radius 2 is 1.95 bits per heavy atom. The van der Waals surface area contributed by atoms with Crippen LogP contribution < -0.4 is 5.32 Å². The Morgan fingerprint density at radius 1 is 1.16 bits per heavy atom. The number of anilines is 1. The average molecular weight is 261 g/mol. The second-order valence-electron chi connectivity index (χ2n) is 5.76. The van der Waals surface area contributed by atoms with Crippen LogP contribution in [0.5, 0.6) is 0 Å². The topological polar surface area (TPSA) is 32.3 Å². The summed E-state index contributed by atoms with van der Waals surface area (Å²) in [5, 5.41) is 13.8. The summed E-state index contributed by atoms with van der Waals surface area (Å²) < 4.78 is 0. The van der Waals surface area contributed by atoms with Crippen LogP contribution in [0.2, 0.25) is 0 Å². The monoisotopic (exact) mass is 261 g/mol. The minimum Gasteiger partial charge on any atom is -0.388 e. The van der Waals surface area contributed by atoms with Crippen molar-refractivity contribution in [2.24, 2.45) is 0 Å². The highest BCUT2D eigenvalue weighted by Gasteiger charge is 2.12. The minimum absolute atomic E-state index is 0.300. The molecule has 2 unspecified atom stereocenters. The van der Waals surface area contributed by atoms with E-state index in [1.807, 2.05) is 6.07 Å². The van der Waals surface area contributed by atoms with Crippen molar-refractivity contribution in [1.29, 1.82) is 0 Å². The van der Waals surface area contributed by atoms with Gasteiger partial charge in [0, 0.05) is 11.7 Å². The summed E-state index contributed by atoms with van der Waals surface area (Å²) in [6.07, 6.45) is 9.28. The molecule has 0 amide bonds. The highest BCUT2D eigenvalue weighted by molar-refractivity contribution is 5.47. The number of aliphatic hydroxyl groups is 1. The molecule has 1 aromatic rings. The maximum absolute atomic E-state index is 10.2. The van der Waals surface area contributed by atoms with Gasteiger partial charge in [-0.1, -0.05) is 51.2 Å². The van der Waals surface area contributed by atoms with Gasteiger partial charge in [-0.3, -0.25) is 0 Å². The number of nitrogens with one attached hydrogen (secondary N) is 1. The van der Waals surface area contributed by atoms with Crippen molar-refractivity contribution in [1.82, 2.24) is 0 Å². The van der Waals surface area contributed by atoms with Crippen LogP contribution in [0.15, 0.2) is 24.3 Å². The largest absolute Gasteiger partial charge is 0.388 e. The summed E-state index contributed by atoms with van der Waals surface area (Å²) in [4.78, 5) is 0. The van der Waals surface area contributed by atoms with Crippen LogP contribution in [0.3, 0.4) is 0 Å². The highest BCUT2D eigenvalue weighted by Crippen LogP contribution is 2.25. The lowest BCUT2D eigenvalue weighted by molar-refractivity contribution is 0.163. The minimum atomic E-state index is -0.300. The standard InChI is InChI=1S/C17H27NO/c1-2-8-15-10-5-3-4-6-12-17(19)14-9-7-11-16(13-14)18-15/h7,9,11,13,15,17-19H,2-6,8,10,12H2,1H3. The summed E-state index contributed by atoms with van der Waals surface area (Å²) in [7, 11) is 0. The maximum atomic E-state index is 10.2. The lowest BCUT2D eigenvalue weighted by atomic mass is 9.98. The van der Waals surface area contributed by atoms with E-state index in [9.17, 15) is 5.11 Å². The van der Waals surface area contributed by atoms with Crippen LogP contribution in [0.4, 0.5) is 5.69 Å². The highest BCUT2D eigenvalue weighted by atomic mass is 16.3. The van der Waals surface area contributed by atoms with Crippen molar-refractivity contribution in [2.45, 2.75) is 70.4 Å². The van der Waals surface area contributed by atoms with E-state index < -0.39 is 0 Å². The van der Waals surface area contributed by atoms with Crippen LogP contribution >= 0.6 is 0 Å². The molecule has 1 aromatic carbocycles. The zero-order chi connectivity index (χ0) is 13.5. The van der Waals surface area contributed by atoms with Gasteiger partial charge in [-0.05, 0) is 37.0 Å². The van der Waals surface area contributed by atoms with Crippen LogP contribution in [0.1, 0.15) is 70.0 Å². The quantitative estimate of drug-likeness (QED) is 0.812. The van der Waals surface area contributed by atoms with E-state index in [2.05, 4.69) is 30.4 Å². The number of rotatable bonds is 2. The van der Waals surface area contributed by atoms with E-state index in [0.717, 1.165) is 24.1 Å². The molecule has 19 heavy (non-hydrogen) atoms. The van der Waals surface area contributed by atoms with Crippen molar-refractivity contribution in [3.63, 3.8) is 0 Å². The molecule has 2 atom stereocenters. The van der Waals surface area contributed by atoms with E-state index in [1.54, 1.807) is 0 Å². The molecule has 0 saturated carbocycles. The number of hydrogen-bond donors (Lipinski definition) is 2. The van der Waals surface area contributed by atoms with E-state index in [0.29, 0.717) is 6.04 Å². The van der Waals surface area contributed by atoms with E-state index in [4.69, 9.17) is 0 Å². The predicted octanol–water partition coefficient (Wildman–Crippen LogP) is 4.65. The van der Waals surface area contributed by atoms with Gasteiger partial charge in [0.05, 0.1) is 6.10 Å². The summed E-state index contributed by atoms with van der Waals surface area (Å²) in [5.74, 6) is 0. The molecule has 2 heteroatoms.